The number of carbonyl (C=O) groups excluding carboxylic acids is 1. The number of hydrogen-bond donors (Lipinski definition) is 1. The van der Waals surface area contributed by atoms with E-state index in [1.165, 1.54) is 4.88 Å². The average Bonchev–Trinajstić information content (AvgIpc) is 3.15. The molecule has 1 atom stereocenters. The normalized spacial score (nSPS) is 12.7. The first-order valence-corrected chi connectivity index (χ1v) is 8.06. The van der Waals surface area contributed by atoms with E-state index < -0.39 is 0 Å². The zero-order chi connectivity index (χ0) is 15.9. The van der Waals surface area contributed by atoms with Gasteiger partial charge in [0.1, 0.15) is 16.2 Å². The number of carbonyl (C=O) groups is 1. The number of nitrogens with zero attached hydrogens (tertiary/aromatic N) is 4. The van der Waals surface area contributed by atoms with Crippen molar-refractivity contribution in [3.05, 3.63) is 39.7 Å². The maximum Gasteiger partial charge on any atom is 0.257 e. The highest BCUT2D eigenvalue weighted by Gasteiger charge is 2.21. The first-order chi connectivity index (χ1) is 10.5. The van der Waals surface area contributed by atoms with Crippen LogP contribution in [0.15, 0.2) is 18.6 Å². The van der Waals surface area contributed by atoms with Gasteiger partial charge in [-0.25, -0.2) is 9.50 Å². The van der Waals surface area contributed by atoms with Gasteiger partial charge in [0.15, 0.2) is 0 Å². The van der Waals surface area contributed by atoms with Crippen LogP contribution in [0, 0.1) is 13.8 Å². The van der Waals surface area contributed by atoms with Crippen LogP contribution in [-0.2, 0) is 7.05 Å². The van der Waals surface area contributed by atoms with E-state index in [9.17, 15) is 4.79 Å². The monoisotopic (exact) mass is 317 g/mol. The maximum absolute atomic E-state index is 12.6. The summed E-state index contributed by atoms with van der Waals surface area (Å²) in [6.07, 6.45) is 6.12. The largest absolute Gasteiger partial charge is 0.343 e. The van der Waals surface area contributed by atoms with Gasteiger partial charge < -0.3 is 9.88 Å². The summed E-state index contributed by atoms with van der Waals surface area (Å²) in [6, 6.07) is -0.0693. The van der Waals surface area contributed by atoms with Crippen LogP contribution in [0.4, 0.5) is 0 Å². The molecule has 0 aliphatic rings. The summed E-state index contributed by atoms with van der Waals surface area (Å²) in [5.41, 5.74) is 2.40. The van der Waals surface area contributed by atoms with Crippen molar-refractivity contribution >= 4 is 22.9 Å². The van der Waals surface area contributed by atoms with Gasteiger partial charge in [0.05, 0.1) is 17.9 Å². The molecule has 0 saturated heterocycles. The molecule has 0 aliphatic carbocycles. The quantitative estimate of drug-likeness (QED) is 0.804. The Morgan fingerprint density at radius 2 is 2.18 bits per heavy atom. The van der Waals surface area contributed by atoms with Gasteiger partial charge in [-0.1, -0.05) is 6.92 Å². The van der Waals surface area contributed by atoms with Gasteiger partial charge in [-0.3, -0.25) is 4.79 Å². The summed E-state index contributed by atoms with van der Waals surface area (Å²) in [5.74, 6) is -0.117. The van der Waals surface area contributed by atoms with Gasteiger partial charge >= 0.3 is 0 Å². The summed E-state index contributed by atoms with van der Waals surface area (Å²) < 4.78 is 3.59. The Kier molecular flexibility index (Phi) is 3.74. The van der Waals surface area contributed by atoms with Crippen molar-refractivity contribution in [1.82, 2.24) is 24.5 Å². The second-order valence-corrected chi connectivity index (χ2v) is 6.60. The fourth-order valence-electron chi connectivity index (χ4n) is 2.43. The molecule has 3 rings (SSSR count). The van der Waals surface area contributed by atoms with Crippen LogP contribution in [-0.4, -0.2) is 25.1 Å². The van der Waals surface area contributed by atoms with Crippen molar-refractivity contribution in [2.24, 2.45) is 7.05 Å². The Morgan fingerprint density at radius 1 is 1.41 bits per heavy atom. The van der Waals surface area contributed by atoms with Crippen LogP contribution in [0.2, 0.25) is 0 Å². The second kappa shape index (κ2) is 5.57. The van der Waals surface area contributed by atoms with E-state index in [2.05, 4.69) is 22.3 Å². The molecule has 3 heterocycles. The van der Waals surface area contributed by atoms with Crippen LogP contribution in [0.1, 0.15) is 45.3 Å². The topological polar surface area (TPSA) is 64.2 Å². The Labute approximate surface area is 132 Å². The number of fused-ring (bicyclic) bond motifs is 1. The molecule has 7 heteroatoms. The molecule has 3 aromatic heterocycles. The summed E-state index contributed by atoms with van der Waals surface area (Å²) in [7, 11) is 1.90. The molecular weight excluding hydrogens is 298 g/mol. The van der Waals surface area contributed by atoms with E-state index in [0.717, 1.165) is 22.8 Å². The third-order valence-corrected chi connectivity index (χ3v) is 5.02. The molecule has 0 aliphatic heterocycles. The predicted octanol–water partition coefficient (Wildman–Crippen LogP) is 2.63. The minimum Gasteiger partial charge on any atom is -0.343 e. The molecule has 0 aromatic carbocycles. The van der Waals surface area contributed by atoms with Gasteiger partial charge in [-0.05, 0) is 20.3 Å². The number of thiazole rings is 1. The lowest BCUT2D eigenvalue weighted by atomic mass is 10.2. The molecule has 116 valence electrons. The van der Waals surface area contributed by atoms with Gasteiger partial charge in [0.25, 0.3) is 5.91 Å². The number of imidazole rings is 1. The number of rotatable bonds is 4. The number of amides is 1. The first kappa shape index (κ1) is 14.8. The molecule has 0 saturated carbocycles. The van der Waals surface area contributed by atoms with E-state index in [4.69, 9.17) is 0 Å². The van der Waals surface area contributed by atoms with E-state index in [0.29, 0.717) is 5.56 Å². The molecular formula is C15H19N5OS. The number of aryl methyl sites for hydroxylation is 3. The lowest BCUT2D eigenvalue weighted by Crippen LogP contribution is -2.28. The summed E-state index contributed by atoms with van der Waals surface area (Å²) in [6.45, 7) is 6.10. The molecule has 0 unspecified atom stereocenters. The van der Waals surface area contributed by atoms with Crippen molar-refractivity contribution < 1.29 is 4.79 Å². The number of nitrogens with one attached hydrogen (secondary N) is 1. The number of hydrogen-bond acceptors (Lipinski definition) is 4. The van der Waals surface area contributed by atoms with E-state index in [1.807, 2.05) is 37.9 Å². The van der Waals surface area contributed by atoms with Crippen LogP contribution in [0.3, 0.4) is 0 Å². The van der Waals surface area contributed by atoms with E-state index in [-0.39, 0.29) is 11.9 Å². The molecule has 0 bridgehead atoms. The van der Waals surface area contributed by atoms with Crippen LogP contribution in [0.5, 0.6) is 0 Å². The highest BCUT2D eigenvalue weighted by molar-refractivity contribution is 7.11. The van der Waals surface area contributed by atoms with Crippen LogP contribution < -0.4 is 5.32 Å². The van der Waals surface area contributed by atoms with Crippen molar-refractivity contribution in [2.45, 2.75) is 33.2 Å². The highest BCUT2D eigenvalue weighted by Crippen LogP contribution is 2.25. The molecule has 0 spiro atoms. The lowest BCUT2D eigenvalue weighted by molar-refractivity contribution is 0.0936. The van der Waals surface area contributed by atoms with E-state index in [1.54, 1.807) is 22.0 Å². The minimum atomic E-state index is -0.117. The SMILES string of the molecule is CC[C@@H](NC(=O)c1cnn2ccn(C)c12)c1nc(C)c(C)s1. The molecule has 1 amide bonds. The smallest absolute Gasteiger partial charge is 0.257 e. The van der Waals surface area contributed by atoms with Crippen LogP contribution >= 0.6 is 11.3 Å². The molecule has 0 radical (unpaired) electrons. The summed E-state index contributed by atoms with van der Waals surface area (Å²) in [4.78, 5) is 18.4. The third-order valence-electron chi connectivity index (χ3n) is 3.84. The fraction of sp³-hybridized carbons (Fsp3) is 0.400. The van der Waals surface area contributed by atoms with Crippen molar-refractivity contribution in [1.29, 1.82) is 0 Å². The predicted molar refractivity (Wildman–Crippen MR) is 86.2 cm³/mol. The molecule has 22 heavy (non-hydrogen) atoms. The molecule has 6 nitrogen and oxygen atoms in total. The van der Waals surface area contributed by atoms with E-state index >= 15 is 0 Å². The Bertz CT molecular complexity index is 809. The molecule has 1 N–H and O–H groups in total. The molecule has 3 aromatic rings. The summed E-state index contributed by atoms with van der Waals surface area (Å²) >= 11 is 1.64. The zero-order valence-electron chi connectivity index (χ0n) is 13.1. The highest BCUT2D eigenvalue weighted by atomic mass is 32.1. The lowest BCUT2D eigenvalue weighted by Gasteiger charge is -2.14. The number of aromatic nitrogens is 4. The minimum absolute atomic E-state index is 0.0693. The van der Waals surface area contributed by atoms with Crippen LogP contribution in [0.25, 0.3) is 5.65 Å². The van der Waals surface area contributed by atoms with Gasteiger partial charge in [0.2, 0.25) is 0 Å². The Morgan fingerprint density at radius 3 is 2.82 bits per heavy atom. The maximum atomic E-state index is 12.6. The van der Waals surface area contributed by atoms with Crippen molar-refractivity contribution in [3.8, 4) is 0 Å². The standard InChI is InChI=1S/C15H19N5OS/c1-5-12(14-17-9(2)10(3)22-14)18-13(21)11-8-16-20-7-6-19(4)15(11)20/h6-8,12H,5H2,1-4H3,(H,18,21)/t12-/m1/s1. The van der Waals surface area contributed by atoms with Gasteiger partial charge in [0, 0.05) is 24.3 Å². The van der Waals surface area contributed by atoms with Gasteiger partial charge in [-0.15, -0.1) is 11.3 Å². The Hall–Kier alpha value is -2.15. The first-order valence-electron chi connectivity index (χ1n) is 7.24. The zero-order valence-corrected chi connectivity index (χ0v) is 13.9. The third kappa shape index (κ3) is 2.41. The second-order valence-electron chi connectivity index (χ2n) is 5.36. The van der Waals surface area contributed by atoms with Gasteiger partial charge in [-0.2, -0.15) is 5.10 Å². The average molecular weight is 317 g/mol. The fourth-order valence-corrected chi connectivity index (χ4v) is 3.49. The van der Waals surface area contributed by atoms with Crippen molar-refractivity contribution in [3.63, 3.8) is 0 Å². The molecule has 0 fully saturated rings. The van der Waals surface area contributed by atoms with Crippen molar-refractivity contribution in [2.75, 3.05) is 0 Å². The summed E-state index contributed by atoms with van der Waals surface area (Å²) in [5, 5.41) is 8.24. The Balaban J connectivity index is 1.87.